The zero-order valence-electron chi connectivity index (χ0n) is 13.3. The van der Waals surface area contributed by atoms with Crippen LogP contribution in [-0.4, -0.2) is 18.2 Å². The molecule has 3 rings (SSSR count). The fraction of sp³-hybridized carbons (Fsp3) is 0.111. The maximum absolute atomic E-state index is 13.8. The maximum Gasteiger partial charge on any atom is 0.230 e. The molecule has 1 heterocycles. The molecule has 0 aliphatic heterocycles. The van der Waals surface area contributed by atoms with E-state index in [1.54, 1.807) is 19.2 Å². The monoisotopic (exact) mass is 404 g/mol. The molecule has 128 valence electrons. The van der Waals surface area contributed by atoms with Crippen molar-refractivity contribution in [2.45, 2.75) is 6.42 Å². The molecule has 1 aromatic heterocycles. The highest BCUT2D eigenvalue weighted by Gasteiger charge is 2.13. The van der Waals surface area contributed by atoms with Gasteiger partial charge in [0.1, 0.15) is 11.6 Å². The number of nitrogens with zero attached hydrogens (tertiary/aromatic N) is 1. The number of carbonyl (C=O) groups excluding carboxylic acids is 1. The molecular formula is C18H14BrFN2O3. The number of carbonyl (C=O) groups is 1. The summed E-state index contributed by atoms with van der Waals surface area (Å²) in [5, 5.41) is 6.41. The lowest BCUT2D eigenvalue weighted by atomic mass is 10.1. The molecule has 0 aliphatic carbocycles. The van der Waals surface area contributed by atoms with Gasteiger partial charge < -0.3 is 14.6 Å². The van der Waals surface area contributed by atoms with Crippen molar-refractivity contribution in [3.8, 4) is 17.1 Å². The quantitative estimate of drug-likeness (QED) is 0.682. The first-order valence-electron chi connectivity index (χ1n) is 7.40. The Bertz CT molecular complexity index is 911. The number of aromatic nitrogens is 1. The summed E-state index contributed by atoms with van der Waals surface area (Å²) in [6.07, 6.45) is -0.0248. The third-order valence-electron chi connectivity index (χ3n) is 3.46. The van der Waals surface area contributed by atoms with Gasteiger partial charge in [0.15, 0.2) is 5.76 Å². The molecule has 1 amide bonds. The minimum atomic E-state index is -0.514. The van der Waals surface area contributed by atoms with E-state index in [1.807, 2.05) is 24.3 Å². The maximum atomic E-state index is 13.8. The highest BCUT2D eigenvalue weighted by Crippen LogP contribution is 2.25. The van der Waals surface area contributed by atoms with Crippen LogP contribution in [0.1, 0.15) is 5.69 Å². The Kier molecular flexibility index (Phi) is 5.14. The normalized spacial score (nSPS) is 10.5. The summed E-state index contributed by atoms with van der Waals surface area (Å²) >= 11 is 3.17. The summed E-state index contributed by atoms with van der Waals surface area (Å²) in [7, 11) is 1.58. The number of rotatable bonds is 5. The molecule has 0 unspecified atom stereocenters. The first kappa shape index (κ1) is 17.2. The lowest BCUT2D eigenvalue weighted by Crippen LogP contribution is -2.15. The Hall–Kier alpha value is -2.67. The molecule has 0 fully saturated rings. The zero-order chi connectivity index (χ0) is 17.8. The molecule has 5 nitrogen and oxygen atoms in total. The number of amides is 1. The van der Waals surface area contributed by atoms with Crippen molar-refractivity contribution in [2.24, 2.45) is 0 Å². The minimum absolute atomic E-state index is 0.0248. The summed E-state index contributed by atoms with van der Waals surface area (Å²) in [4.78, 5) is 12.1. The van der Waals surface area contributed by atoms with Crippen molar-refractivity contribution in [3.63, 3.8) is 0 Å². The van der Waals surface area contributed by atoms with Crippen molar-refractivity contribution in [2.75, 3.05) is 12.4 Å². The van der Waals surface area contributed by atoms with Crippen LogP contribution < -0.4 is 10.1 Å². The molecule has 3 aromatic rings. The summed E-state index contributed by atoms with van der Waals surface area (Å²) < 4.78 is 24.8. The van der Waals surface area contributed by atoms with E-state index < -0.39 is 5.82 Å². The van der Waals surface area contributed by atoms with Gasteiger partial charge >= 0.3 is 0 Å². The van der Waals surface area contributed by atoms with E-state index in [0.717, 1.165) is 5.56 Å². The lowest BCUT2D eigenvalue weighted by molar-refractivity contribution is -0.115. The predicted molar refractivity (Wildman–Crippen MR) is 94.9 cm³/mol. The second kappa shape index (κ2) is 7.48. The van der Waals surface area contributed by atoms with Gasteiger partial charge in [0.2, 0.25) is 5.91 Å². The molecule has 0 radical (unpaired) electrons. The van der Waals surface area contributed by atoms with Gasteiger partial charge in [0.25, 0.3) is 0 Å². The van der Waals surface area contributed by atoms with Crippen LogP contribution in [0.25, 0.3) is 11.3 Å². The average Bonchev–Trinajstić information content (AvgIpc) is 3.06. The van der Waals surface area contributed by atoms with E-state index >= 15 is 0 Å². The molecule has 7 heteroatoms. The molecule has 0 spiro atoms. The molecule has 2 aromatic carbocycles. The van der Waals surface area contributed by atoms with E-state index in [9.17, 15) is 9.18 Å². The van der Waals surface area contributed by atoms with E-state index in [4.69, 9.17) is 9.26 Å². The highest BCUT2D eigenvalue weighted by atomic mass is 79.9. The van der Waals surface area contributed by atoms with Crippen LogP contribution in [-0.2, 0) is 11.2 Å². The second-order valence-corrected chi connectivity index (χ2v) is 6.18. The van der Waals surface area contributed by atoms with Gasteiger partial charge in [-0.15, -0.1) is 0 Å². The molecule has 1 N–H and O–H groups in total. The van der Waals surface area contributed by atoms with Gasteiger partial charge in [-0.1, -0.05) is 33.2 Å². The van der Waals surface area contributed by atoms with E-state index in [2.05, 4.69) is 26.4 Å². The largest absolute Gasteiger partial charge is 0.497 e. The van der Waals surface area contributed by atoms with E-state index in [0.29, 0.717) is 21.7 Å². The summed E-state index contributed by atoms with van der Waals surface area (Å²) in [6.45, 7) is 0. The van der Waals surface area contributed by atoms with Crippen molar-refractivity contribution in [3.05, 3.63) is 64.5 Å². The van der Waals surface area contributed by atoms with Crippen LogP contribution in [0, 0.1) is 5.82 Å². The Balaban J connectivity index is 1.69. The first-order chi connectivity index (χ1) is 12.0. The van der Waals surface area contributed by atoms with Gasteiger partial charge in [-0.25, -0.2) is 4.39 Å². The predicted octanol–water partition coefficient (Wildman–Crippen LogP) is 4.43. The van der Waals surface area contributed by atoms with Gasteiger partial charge in [-0.05, 0) is 30.3 Å². The summed E-state index contributed by atoms with van der Waals surface area (Å²) in [6, 6.07) is 13.4. The SMILES string of the molecule is COc1cccc(-c2cc(CC(=O)Nc3ccc(Br)cc3F)no2)c1. The molecule has 25 heavy (non-hydrogen) atoms. The minimum Gasteiger partial charge on any atom is -0.497 e. The zero-order valence-corrected chi connectivity index (χ0v) is 14.8. The topological polar surface area (TPSA) is 64.4 Å². The van der Waals surface area contributed by atoms with Crippen molar-refractivity contribution < 1.29 is 18.4 Å². The Morgan fingerprint density at radius 2 is 2.12 bits per heavy atom. The van der Waals surface area contributed by atoms with Crippen molar-refractivity contribution in [1.82, 2.24) is 5.16 Å². The van der Waals surface area contributed by atoms with Crippen LogP contribution in [0.5, 0.6) is 5.75 Å². The van der Waals surface area contributed by atoms with Crippen LogP contribution in [0.4, 0.5) is 10.1 Å². The van der Waals surface area contributed by atoms with E-state index in [-0.39, 0.29) is 18.0 Å². The Morgan fingerprint density at radius 3 is 2.88 bits per heavy atom. The van der Waals surface area contributed by atoms with Crippen molar-refractivity contribution in [1.29, 1.82) is 0 Å². The molecular weight excluding hydrogens is 391 g/mol. The molecule has 0 saturated carbocycles. The fourth-order valence-electron chi connectivity index (χ4n) is 2.26. The van der Waals surface area contributed by atoms with Gasteiger partial charge in [-0.3, -0.25) is 4.79 Å². The third kappa shape index (κ3) is 4.24. The number of halogens is 2. The number of methoxy groups -OCH3 is 1. The summed E-state index contributed by atoms with van der Waals surface area (Å²) in [5.74, 6) is 0.321. The van der Waals surface area contributed by atoms with Crippen LogP contribution in [0.2, 0.25) is 0 Å². The number of ether oxygens (including phenoxy) is 1. The number of hydrogen-bond donors (Lipinski definition) is 1. The number of anilines is 1. The van der Waals surface area contributed by atoms with Gasteiger partial charge in [0, 0.05) is 16.1 Å². The standard InChI is InChI=1S/C18H14BrFN2O3/c1-24-14-4-2-3-11(7-14)17-9-13(22-25-17)10-18(23)21-16-6-5-12(19)8-15(16)20/h2-9H,10H2,1H3,(H,21,23). The first-order valence-corrected chi connectivity index (χ1v) is 8.19. The number of benzene rings is 2. The smallest absolute Gasteiger partial charge is 0.230 e. The highest BCUT2D eigenvalue weighted by molar-refractivity contribution is 9.10. The molecule has 0 aliphatic rings. The third-order valence-corrected chi connectivity index (χ3v) is 3.95. The van der Waals surface area contributed by atoms with E-state index in [1.165, 1.54) is 12.1 Å². The Labute approximate surface area is 151 Å². The molecule has 0 saturated heterocycles. The summed E-state index contributed by atoms with van der Waals surface area (Å²) in [5.41, 5.74) is 1.36. The average molecular weight is 405 g/mol. The number of hydrogen-bond acceptors (Lipinski definition) is 4. The van der Waals surface area contributed by atoms with Crippen LogP contribution in [0.15, 0.2) is 57.5 Å². The van der Waals surface area contributed by atoms with Crippen LogP contribution >= 0.6 is 15.9 Å². The lowest BCUT2D eigenvalue weighted by Gasteiger charge is -2.05. The molecule has 0 atom stereocenters. The Morgan fingerprint density at radius 1 is 1.28 bits per heavy atom. The van der Waals surface area contributed by atoms with Gasteiger partial charge in [-0.2, -0.15) is 0 Å². The fourth-order valence-corrected chi connectivity index (χ4v) is 2.59. The second-order valence-electron chi connectivity index (χ2n) is 5.26. The van der Waals surface area contributed by atoms with Crippen LogP contribution in [0.3, 0.4) is 0 Å². The molecule has 0 bridgehead atoms. The van der Waals surface area contributed by atoms with Crippen molar-refractivity contribution >= 4 is 27.5 Å². The number of nitrogens with one attached hydrogen (secondary N) is 1. The van der Waals surface area contributed by atoms with Gasteiger partial charge in [0.05, 0.1) is 24.9 Å².